The number of anilines is 1. The molecule has 0 saturated heterocycles. The molecular formula is C17H20N2O5S2. The summed E-state index contributed by atoms with van der Waals surface area (Å²) < 4.78 is 50.5. The van der Waals surface area contributed by atoms with Crippen molar-refractivity contribution in [3.8, 4) is 0 Å². The van der Waals surface area contributed by atoms with Crippen LogP contribution in [0.5, 0.6) is 0 Å². The number of amides is 1. The first-order valence-corrected chi connectivity index (χ1v) is 11.1. The van der Waals surface area contributed by atoms with Gasteiger partial charge in [-0.1, -0.05) is 12.1 Å². The Balaban J connectivity index is 2.34. The predicted molar refractivity (Wildman–Crippen MR) is 99.4 cm³/mol. The van der Waals surface area contributed by atoms with Crippen molar-refractivity contribution < 1.29 is 21.6 Å². The largest absolute Gasteiger partial charge is 0.350 e. The molecule has 2 aromatic carbocycles. The minimum atomic E-state index is -3.98. The molecule has 0 aliphatic carbocycles. The molecular weight excluding hydrogens is 376 g/mol. The lowest BCUT2D eigenvalue weighted by Gasteiger charge is -2.14. The molecule has 7 nitrogen and oxygen atoms in total. The zero-order valence-corrected chi connectivity index (χ0v) is 16.2. The van der Waals surface area contributed by atoms with E-state index in [1.54, 1.807) is 26.0 Å². The lowest BCUT2D eigenvalue weighted by atomic mass is 10.1. The third kappa shape index (κ3) is 4.83. The maximum atomic E-state index is 12.6. The van der Waals surface area contributed by atoms with Gasteiger partial charge in [-0.25, -0.2) is 16.8 Å². The van der Waals surface area contributed by atoms with E-state index in [0.717, 1.165) is 6.26 Å². The van der Waals surface area contributed by atoms with Gasteiger partial charge in [0, 0.05) is 12.3 Å². The van der Waals surface area contributed by atoms with Crippen LogP contribution in [0.1, 0.15) is 24.2 Å². The fraction of sp³-hybridized carbons (Fsp3) is 0.235. The fourth-order valence-corrected chi connectivity index (χ4v) is 3.89. The summed E-state index contributed by atoms with van der Waals surface area (Å²) in [5.74, 6) is -0.397. The summed E-state index contributed by atoms with van der Waals surface area (Å²) in [7, 11) is -7.41. The molecule has 0 spiro atoms. The van der Waals surface area contributed by atoms with Gasteiger partial charge in [-0.05, 0) is 50.2 Å². The first-order valence-electron chi connectivity index (χ1n) is 7.73. The highest BCUT2D eigenvalue weighted by molar-refractivity contribution is 7.92. The van der Waals surface area contributed by atoms with Crippen LogP contribution in [0.4, 0.5) is 5.69 Å². The Hall–Kier alpha value is -2.39. The molecule has 0 aromatic heterocycles. The van der Waals surface area contributed by atoms with E-state index in [9.17, 15) is 21.6 Å². The van der Waals surface area contributed by atoms with Gasteiger partial charge in [0.05, 0.1) is 21.0 Å². The van der Waals surface area contributed by atoms with E-state index in [4.69, 9.17) is 0 Å². The fourth-order valence-electron chi connectivity index (χ4n) is 2.18. The molecule has 0 unspecified atom stereocenters. The van der Waals surface area contributed by atoms with Crippen LogP contribution in [0.2, 0.25) is 0 Å². The molecule has 1 amide bonds. The summed E-state index contributed by atoms with van der Waals surface area (Å²) in [4.78, 5) is 12.2. The average molecular weight is 396 g/mol. The van der Waals surface area contributed by atoms with Crippen LogP contribution in [0.25, 0.3) is 0 Å². The van der Waals surface area contributed by atoms with Crippen molar-refractivity contribution in [3.05, 3.63) is 54.1 Å². The molecule has 0 bridgehead atoms. The summed E-state index contributed by atoms with van der Waals surface area (Å²) in [5, 5.41) is 2.71. The van der Waals surface area contributed by atoms with Gasteiger partial charge < -0.3 is 5.32 Å². The highest BCUT2D eigenvalue weighted by Crippen LogP contribution is 2.21. The zero-order valence-electron chi connectivity index (χ0n) is 14.6. The number of para-hydroxylation sites is 1. The highest BCUT2D eigenvalue weighted by atomic mass is 32.2. The Morgan fingerprint density at radius 3 is 1.96 bits per heavy atom. The smallest absolute Gasteiger partial charge is 0.261 e. The summed E-state index contributed by atoms with van der Waals surface area (Å²) >= 11 is 0. The number of benzene rings is 2. The topological polar surface area (TPSA) is 109 Å². The molecule has 2 rings (SSSR count). The van der Waals surface area contributed by atoms with Gasteiger partial charge >= 0.3 is 0 Å². The predicted octanol–water partition coefficient (Wildman–Crippen LogP) is 2.03. The molecule has 0 saturated carbocycles. The van der Waals surface area contributed by atoms with Crippen molar-refractivity contribution in [2.24, 2.45) is 0 Å². The second kappa shape index (κ2) is 7.46. The molecule has 26 heavy (non-hydrogen) atoms. The zero-order chi connectivity index (χ0) is 19.5. The second-order valence-corrected chi connectivity index (χ2v) is 9.72. The third-order valence-corrected chi connectivity index (χ3v) is 5.91. The third-order valence-electron chi connectivity index (χ3n) is 3.40. The lowest BCUT2D eigenvalue weighted by molar-refractivity contribution is 0.0944. The Kier molecular flexibility index (Phi) is 5.72. The summed E-state index contributed by atoms with van der Waals surface area (Å²) in [6.45, 7) is 3.60. The van der Waals surface area contributed by atoms with Gasteiger partial charge in [0.2, 0.25) is 0 Å². The number of hydrogen-bond acceptors (Lipinski definition) is 5. The summed E-state index contributed by atoms with van der Waals surface area (Å²) in [6.07, 6.45) is 1.04. The summed E-state index contributed by atoms with van der Waals surface area (Å²) in [5.41, 5.74) is 0.329. The van der Waals surface area contributed by atoms with Crippen molar-refractivity contribution in [2.75, 3.05) is 11.0 Å². The van der Waals surface area contributed by atoms with Crippen LogP contribution in [0.15, 0.2) is 58.3 Å². The average Bonchev–Trinajstić information content (AvgIpc) is 2.53. The van der Waals surface area contributed by atoms with Gasteiger partial charge in [0.1, 0.15) is 0 Å². The van der Waals surface area contributed by atoms with Crippen molar-refractivity contribution >= 4 is 31.5 Å². The Morgan fingerprint density at radius 1 is 0.885 bits per heavy atom. The number of carbonyl (C=O) groups excluding carboxylic acids is 1. The van der Waals surface area contributed by atoms with Crippen molar-refractivity contribution in [2.45, 2.75) is 29.7 Å². The molecule has 0 fully saturated rings. The van der Waals surface area contributed by atoms with Crippen LogP contribution in [0.3, 0.4) is 0 Å². The van der Waals surface area contributed by atoms with Gasteiger partial charge in [-0.15, -0.1) is 0 Å². The van der Waals surface area contributed by atoms with Crippen molar-refractivity contribution in [3.63, 3.8) is 0 Å². The standard InChI is InChI=1S/C17H20N2O5S2/c1-12(2)18-17(20)15-6-4-5-7-16(15)19-26(23,24)14-10-8-13(9-11-14)25(3,21)22/h4-12,19H,1-3H3,(H,18,20). The SMILES string of the molecule is CC(C)NC(=O)c1ccccc1NS(=O)(=O)c1ccc(S(C)(=O)=O)cc1. The number of rotatable bonds is 6. The van der Waals surface area contributed by atoms with Crippen molar-refractivity contribution in [1.29, 1.82) is 0 Å². The Labute approximate surface area is 153 Å². The van der Waals surface area contributed by atoms with E-state index in [1.807, 2.05) is 0 Å². The van der Waals surface area contributed by atoms with Gasteiger partial charge in [-0.2, -0.15) is 0 Å². The highest BCUT2D eigenvalue weighted by Gasteiger charge is 2.19. The molecule has 0 atom stereocenters. The number of sulfonamides is 1. The monoisotopic (exact) mass is 396 g/mol. The molecule has 0 aliphatic rings. The molecule has 2 N–H and O–H groups in total. The van der Waals surface area contributed by atoms with E-state index >= 15 is 0 Å². The van der Waals surface area contributed by atoms with Crippen LogP contribution in [-0.4, -0.2) is 35.0 Å². The van der Waals surface area contributed by atoms with Gasteiger partial charge in [-0.3, -0.25) is 9.52 Å². The van der Waals surface area contributed by atoms with E-state index in [1.165, 1.54) is 36.4 Å². The van der Waals surface area contributed by atoms with E-state index in [-0.39, 0.29) is 27.1 Å². The Morgan fingerprint density at radius 2 is 1.42 bits per heavy atom. The van der Waals surface area contributed by atoms with Gasteiger partial charge in [0.25, 0.3) is 15.9 Å². The van der Waals surface area contributed by atoms with Crippen LogP contribution in [0, 0.1) is 0 Å². The van der Waals surface area contributed by atoms with E-state index in [0.29, 0.717) is 0 Å². The van der Waals surface area contributed by atoms with Gasteiger partial charge in [0.15, 0.2) is 9.84 Å². The first-order chi connectivity index (χ1) is 12.0. The van der Waals surface area contributed by atoms with Crippen LogP contribution >= 0.6 is 0 Å². The second-order valence-electron chi connectivity index (χ2n) is 6.02. The summed E-state index contributed by atoms with van der Waals surface area (Å²) in [6, 6.07) is 11.0. The number of hydrogen-bond donors (Lipinski definition) is 2. The first kappa shape index (κ1) is 19.9. The quantitative estimate of drug-likeness (QED) is 0.776. The number of carbonyl (C=O) groups is 1. The maximum Gasteiger partial charge on any atom is 0.261 e. The lowest BCUT2D eigenvalue weighted by Crippen LogP contribution is -2.31. The van der Waals surface area contributed by atoms with Crippen molar-refractivity contribution in [1.82, 2.24) is 5.32 Å². The van der Waals surface area contributed by atoms with E-state index in [2.05, 4.69) is 10.0 Å². The maximum absolute atomic E-state index is 12.6. The molecule has 2 aromatic rings. The van der Waals surface area contributed by atoms with Crippen LogP contribution < -0.4 is 10.0 Å². The normalized spacial score (nSPS) is 12.0. The Bertz CT molecular complexity index is 1010. The minimum absolute atomic E-state index is 0.0214. The number of sulfone groups is 1. The molecule has 9 heteroatoms. The molecule has 140 valence electrons. The molecule has 0 aliphatic heterocycles. The number of nitrogens with one attached hydrogen (secondary N) is 2. The van der Waals surface area contributed by atoms with E-state index < -0.39 is 25.8 Å². The molecule has 0 heterocycles. The van der Waals surface area contributed by atoms with Crippen LogP contribution in [-0.2, 0) is 19.9 Å². The molecule has 0 radical (unpaired) electrons. The minimum Gasteiger partial charge on any atom is -0.350 e.